The molecule has 2 heterocycles. The second-order valence-corrected chi connectivity index (χ2v) is 6.45. The first-order valence-electron chi connectivity index (χ1n) is 8.22. The van der Waals surface area contributed by atoms with Gasteiger partial charge in [0.05, 0.1) is 0 Å². The highest BCUT2D eigenvalue weighted by Crippen LogP contribution is 2.29. The van der Waals surface area contributed by atoms with Crippen molar-refractivity contribution in [2.24, 2.45) is 5.16 Å². The topological polar surface area (TPSA) is 64.2 Å². The minimum absolute atomic E-state index is 0.337. The van der Waals surface area contributed by atoms with Gasteiger partial charge in [0.1, 0.15) is 29.2 Å². The summed E-state index contributed by atoms with van der Waals surface area (Å²) in [6.07, 6.45) is 12.0. The van der Waals surface area contributed by atoms with Crippen molar-refractivity contribution in [3.05, 3.63) is 82.5 Å². The van der Waals surface area contributed by atoms with E-state index in [2.05, 4.69) is 23.4 Å². The van der Waals surface area contributed by atoms with Crippen LogP contribution in [0.1, 0.15) is 25.0 Å². The van der Waals surface area contributed by atoms with Crippen LogP contribution in [0.3, 0.4) is 0 Å². The smallest absolute Gasteiger partial charge is 0.204 e. The number of nitrogens with zero attached hydrogens (tertiary/aromatic N) is 1. The molecule has 2 aliphatic rings. The van der Waals surface area contributed by atoms with Gasteiger partial charge in [0, 0.05) is 22.9 Å². The fraction of sp³-hybridized carbons (Fsp3) is 0.150. The molecule has 0 saturated heterocycles. The summed E-state index contributed by atoms with van der Waals surface area (Å²) in [5.41, 5.74) is 1.81. The number of allylic oxidation sites excluding steroid dienone is 4. The van der Waals surface area contributed by atoms with E-state index in [9.17, 15) is 5.21 Å². The molecule has 0 fully saturated rings. The Kier molecular flexibility index (Phi) is 4.54. The van der Waals surface area contributed by atoms with E-state index in [4.69, 9.17) is 25.5 Å². The molecule has 0 spiro atoms. The zero-order valence-electron chi connectivity index (χ0n) is 13.8. The third-order valence-corrected chi connectivity index (χ3v) is 4.41. The number of hydrogen-bond donors (Lipinski definition) is 1. The highest BCUT2D eigenvalue weighted by atomic mass is 35.5. The van der Waals surface area contributed by atoms with Gasteiger partial charge in [-0.2, -0.15) is 0 Å². The molecule has 1 aliphatic heterocycles. The van der Waals surface area contributed by atoms with E-state index in [1.807, 2.05) is 0 Å². The second kappa shape index (κ2) is 7.14. The monoisotopic (exact) mass is 369 g/mol. The van der Waals surface area contributed by atoms with Crippen molar-refractivity contribution in [1.82, 2.24) is 0 Å². The lowest BCUT2D eigenvalue weighted by molar-refractivity contribution is 0.265. The van der Waals surface area contributed by atoms with Gasteiger partial charge in [0.15, 0.2) is 5.76 Å². The quantitative estimate of drug-likeness (QED) is 0.594. The van der Waals surface area contributed by atoms with Crippen LogP contribution in [0.15, 0.2) is 75.9 Å². The van der Waals surface area contributed by atoms with Crippen LogP contribution >= 0.6 is 11.6 Å². The molecule has 132 valence electrons. The van der Waals surface area contributed by atoms with Crippen LogP contribution in [0, 0.1) is 0 Å². The number of halogens is 1. The van der Waals surface area contributed by atoms with Crippen LogP contribution < -0.4 is 5.36 Å². The van der Waals surface area contributed by atoms with Gasteiger partial charge in [-0.15, -0.1) is 0 Å². The number of fused-ring (bicyclic) bond motifs is 1. The Morgan fingerprint density at radius 3 is 2.92 bits per heavy atom. The van der Waals surface area contributed by atoms with E-state index >= 15 is 0 Å². The van der Waals surface area contributed by atoms with Crippen LogP contribution in [0.25, 0.3) is 16.7 Å². The summed E-state index contributed by atoms with van der Waals surface area (Å²) >= 11 is 6.01. The molecular formula is C20H16ClNO4. The summed E-state index contributed by atoms with van der Waals surface area (Å²) in [7, 11) is 0. The third-order valence-electron chi connectivity index (χ3n) is 4.17. The van der Waals surface area contributed by atoms with Crippen molar-refractivity contribution in [2.75, 3.05) is 0 Å². The van der Waals surface area contributed by atoms with Crippen molar-refractivity contribution in [1.29, 1.82) is 0 Å². The van der Waals surface area contributed by atoms with Gasteiger partial charge in [0.2, 0.25) is 5.76 Å². The fourth-order valence-corrected chi connectivity index (χ4v) is 3.09. The average Bonchev–Trinajstić information content (AvgIpc) is 2.68. The molecule has 1 N–H and O–H groups in total. The normalized spacial score (nSPS) is 17.3. The van der Waals surface area contributed by atoms with E-state index in [0.29, 0.717) is 45.0 Å². The Balaban J connectivity index is 1.63. The highest BCUT2D eigenvalue weighted by molar-refractivity contribution is 6.31. The van der Waals surface area contributed by atoms with Gasteiger partial charge in [-0.1, -0.05) is 40.6 Å². The van der Waals surface area contributed by atoms with Crippen LogP contribution in [0.4, 0.5) is 0 Å². The SMILES string of the molecule is ON=c1cc(C2=COC=C(CC3=CC=CCC3)O2)oc2ccc(Cl)cc12. The summed E-state index contributed by atoms with van der Waals surface area (Å²) in [5, 5.41) is 14.1. The first-order chi connectivity index (χ1) is 12.7. The van der Waals surface area contributed by atoms with Crippen molar-refractivity contribution in [3.63, 3.8) is 0 Å². The first kappa shape index (κ1) is 16.5. The first-order valence-corrected chi connectivity index (χ1v) is 8.60. The van der Waals surface area contributed by atoms with E-state index in [-0.39, 0.29) is 0 Å². The molecule has 0 atom stereocenters. The standard InChI is InChI=1S/C20H16ClNO4/c21-14-6-7-18-16(9-14)17(22-23)10-19(26-18)20-12-24-11-15(25-20)8-13-4-2-1-3-5-13/h1-2,4,6-7,9-12,23H,3,5,8H2. The maximum Gasteiger partial charge on any atom is 0.204 e. The molecule has 0 amide bonds. The summed E-state index contributed by atoms with van der Waals surface area (Å²) in [6, 6.07) is 6.69. The zero-order chi connectivity index (χ0) is 17.9. The zero-order valence-corrected chi connectivity index (χ0v) is 14.6. The van der Waals surface area contributed by atoms with Crippen molar-refractivity contribution in [2.45, 2.75) is 19.3 Å². The molecule has 4 rings (SSSR count). The molecule has 1 aromatic heterocycles. The number of rotatable bonds is 3. The molecule has 1 aliphatic carbocycles. The molecule has 26 heavy (non-hydrogen) atoms. The maximum atomic E-state index is 9.34. The predicted octanol–water partition coefficient (Wildman–Crippen LogP) is 5.23. The van der Waals surface area contributed by atoms with Gasteiger partial charge in [-0.3, -0.25) is 0 Å². The second-order valence-electron chi connectivity index (χ2n) is 6.01. The lowest BCUT2D eigenvalue weighted by Crippen LogP contribution is -2.07. The Bertz CT molecular complexity index is 1040. The van der Waals surface area contributed by atoms with Gasteiger partial charge >= 0.3 is 0 Å². The van der Waals surface area contributed by atoms with Crippen molar-refractivity contribution >= 4 is 28.3 Å². The van der Waals surface area contributed by atoms with Crippen LogP contribution in [0.5, 0.6) is 0 Å². The summed E-state index contributed by atoms with van der Waals surface area (Å²) in [4.78, 5) is 0. The van der Waals surface area contributed by atoms with Crippen LogP contribution in [-0.2, 0) is 9.47 Å². The van der Waals surface area contributed by atoms with Gasteiger partial charge in [-0.05, 0) is 31.0 Å². The van der Waals surface area contributed by atoms with E-state index in [1.165, 1.54) is 11.8 Å². The number of benzene rings is 1. The highest BCUT2D eigenvalue weighted by Gasteiger charge is 2.17. The van der Waals surface area contributed by atoms with E-state index in [0.717, 1.165) is 12.8 Å². The molecular weight excluding hydrogens is 354 g/mol. The van der Waals surface area contributed by atoms with Gasteiger partial charge in [0.25, 0.3) is 0 Å². The predicted molar refractivity (Wildman–Crippen MR) is 97.9 cm³/mol. The molecule has 6 heteroatoms. The van der Waals surface area contributed by atoms with Gasteiger partial charge in [-0.25, -0.2) is 0 Å². The average molecular weight is 370 g/mol. The summed E-state index contributed by atoms with van der Waals surface area (Å²) in [5.74, 6) is 1.50. The molecule has 0 unspecified atom stereocenters. The molecule has 5 nitrogen and oxygen atoms in total. The number of hydrogen-bond acceptors (Lipinski definition) is 5. The van der Waals surface area contributed by atoms with Crippen molar-refractivity contribution in [3.8, 4) is 0 Å². The lowest BCUT2D eigenvalue weighted by Gasteiger charge is -2.18. The molecule has 0 radical (unpaired) electrons. The van der Waals surface area contributed by atoms with Crippen molar-refractivity contribution < 1.29 is 19.1 Å². The van der Waals surface area contributed by atoms with Crippen LogP contribution in [0.2, 0.25) is 5.02 Å². The minimum atomic E-state index is 0.337. The minimum Gasteiger partial charge on any atom is -0.465 e. The summed E-state index contributed by atoms with van der Waals surface area (Å²) in [6.45, 7) is 0. The molecule has 1 aromatic carbocycles. The van der Waals surface area contributed by atoms with Gasteiger partial charge < -0.3 is 19.1 Å². The third kappa shape index (κ3) is 3.39. The van der Waals surface area contributed by atoms with E-state index < -0.39 is 0 Å². The Hall–Kier alpha value is -2.92. The summed E-state index contributed by atoms with van der Waals surface area (Å²) < 4.78 is 17.2. The largest absolute Gasteiger partial charge is 0.465 e. The molecule has 0 bridgehead atoms. The Morgan fingerprint density at radius 1 is 1.19 bits per heavy atom. The fourth-order valence-electron chi connectivity index (χ4n) is 2.92. The Morgan fingerprint density at radius 2 is 2.12 bits per heavy atom. The number of ether oxygens (including phenoxy) is 2. The van der Waals surface area contributed by atoms with Crippen LogP contribution in [-0.4, -0.2) is 5.21 Å². The Labute approximate surface area is 154 Å². The lowest BCUT2D eigenvalue weighted by atomic mass is 10.0. The molecule has 2 aromatic rings. The molecule has 0 saturated carbocycles. The van der Waals surface area contributed by atoms with E-state index in [1.54, 1.807) is 30.5 Å². The maximum absolute atomic E-state index is 9.34.